The Labute approximate surface area is 144 Å². The molecule has 0 atom stereocenters. The molecule has 2 aromatic rings. The van der Waals surface area contributed by atoms with E-state index in [0.717, 1.165) is 12.0 Å². The molecule has 0 saturated carbocycles. The average molecular weight is 373 g/mol. The Morgan fingerprint density at radius 2 is 1.91 bits per heavy atom. The van der Waals surface area contributed by atoms with Crippen molar-refractivity contribution >= 4 is 39.1 Å². The van der Waals surface area contributed by atoms with E-state index in [4.69, 9.17) is 23.2 Å². The lowest BCUT2D eigenvalue weighted by Crippen LogP contribution is -2.31. The summed E-state index contributed by atoms with van der Waals surface area (Å²) in [5.41, 5.74) is 0.693. The molecule has 5 nitrogen and oxygen atoms in total. The van der Waals surface area contributed by atoms with Gasteiger partial charge in [-0.3, -0.25) is 4.79 Å². The summed E-state index contributed by atoms with van der Waals surface area (Å²) < 4.78 is 26.2. The van der Waals surface area contributed by atoms with E-state index in [-0.39, 0.29) is 15.6 Å². The summed E-state index contributed by atoms with van der Waals surface area (Å²) in [6.45, 7) is 0. The van der Waals surface area contributed by atoms with Gasteiger partial charge in [0.25, 0.3) is 15.9 Å². The largest absolute Gasteiger partial charge is 0.285 e. The molecule has 8 heteroatoms. The number of benzene rings is 1. The van der Waals surface area contributed by atoms with Crippen molar-refractivity contribution in [1.29, 1.82) is 0 Å². The van der Waals surface area contributed by atoms with Gasteiger partial charge in [0, 0.05) is 12.1 Å². The van der Waals surface area contributed by atoms with Crippen LogP contribution in [0.3, 0.4) is 0 Å². The monoisotopic (exact) mass is 372 g/mol. The molecule has 0 aliphatic carbocycles. The fraction of sp³-hybridized carbons (Fsp3) is 0.200. The number of carbonyl (C=O) groups excluding carboxylic acids is 1. The van der Waals surface area contributed by atoms with Gasteiger partial charge in [-0.2, -0.15) is 0 Å². The molecular formula is C15H14Cl2N2O3S. The molecule has 1 heterocycles. The molecule has 1 N–H and O–H groups in total. The molecule has 1 aromatic heterocycles. The third-order valence-corrected chi connectivity index (χ3v) is 4.89. The molecule has 0 radical (unpaired) electrons. The molecule has 0 unspecified atom stereocenters. The molecule has 0 aliphatic heterocycles. The normalized spacial score (nSPS) is 11.2. The Morgan fingerprint density at radius 1 is 1.22 bits per heavy atom. The second-order valence-corrected chi connectivity index (χ2v) is 7.18. The van der Waals surface area contributed by atoms with E-state index in [1.165, 1.54) is 18.3 Å². The minimum absolute atomic E-state index is 0.0109. The van der Waals surface area contributed by atoms with Crippen LogP contribution in [0.15, 0.2) is 47.5 Å². The van der Waals surface area contributed by atoms with Gasteiger partial charge in [0.1, 0.15) is 5.69 Å². The Kier molecular flexibility index (Phi) is 5.98. The van der Waals surface area contributed by atoms with E-state index in [0.29, 0.717) is 12.3 Å². The Balaban J connectivity index is 2.18. The van der Waals surface area contributed by atoms with E-state index >= 15 is 0 Å². The maximum atomic E-state index is 12.1. The molecule has 0 bridgehead atoms. The van der Waals surface area contributed by atoms with Crippen molar-refractivity contribution in [2.45, 2.75) is 17.7 Å². The predicted octanol–water partition coefficient (Wildman–Crippen LogP) is 3.03. The number of amides is 1. The predicted molar refractivity (Wildman–Crippen MR) is 89.4 cm³/mol. The fourth-order valence-electron chi connectivity index (χ4n) is 1.88. The maximum Gasteiger partial charge on any atom is 0.285 e. The van der Waals surface area contributed by atoms with Crippen LogP contribution in [0.5, 0.6) is 0 Å². The number of aryl methyl sites for hydroxylation is 1. The highest BCUT2D eigenvalue weighted by molar-refractivity contribution is 7.90. The fourth-order valence-corrected chi connectivity index (χ4v) is 3.26. The number of halogens is 2. The first-order valence-electron chi connectivity index (χ1n) is 6.76. The van der Waals surface area contributed by atoms with Crippen molar-refractivity contribution < 1.29 is 13.2 Å². The topological polar surface area (TPSA) is 76.1 Å². The molecule has 0 saturated heterocycles. The van der Waals surface area contributed by atoms with Gasteiger partial charge >= 0.3 is 0 Å². The smallest absolute Gasteiger partial charge is 0.266 e. The van der Waals surface area contributed by atoms with Crippen LogP contribution in [0, 0.1) is 0 Å². The van der Waals surface area contributed by atoms with Crippen molar-refractivity contribution in [3.8, 4) is 0 Å². The minimum atomic E-state index is -3.96. The van der Waals surface area contributed by atoms with Crippen molar-refractivity contribution in [1.82, 2.24) is 9.71 Å². The molecule has 2 rings (SSSR count). The summed E-state index contributed by atoms with van der Waals surface area (Å²) in [5, 5.41) is 0.0952. The number of nitrogens with one attached hydrogen (secondary N) is 1. The third kappa shape index (κ3) is 4.67. The summed E-state index contributed by atoms with van der Waals surface area (Å²) in [6.07, 6.45) is 2.93. The van der Waals surface area contributed by atoms with Crippen LogP contribution in [0.25, 0.3) is 0 Å². The van der Waals surface area contributed by atoms with Crippen molar-refractivity contribution in [3.63, 3.8) is 0 Å². The zero-order valence-electron chi connectivity index (χ0n) is 12.0. The second-order valence-electron chi connectivity index (χ2n) is 4.71. The van der Waals surface area contributed by atoms with Crippen LogP contribution in [0.2, 0.25) is 5.02 Å². The van der Waals surface area contributed by atoms with Crippen LogP contribution in [-0.2, 0) is 16.4 Å². The molecular weight excluding hydrogens is 359 g/mol. The van der Waals surface area contributed by atoms with Crippen LogP contribution in [0.1, 0.15) is 22.5 Å². The molecule has 122 valence electrons. The van der Waals surface area contributed by atoms with Gasteiger partial charge < -0.3 is 0 Å². The van der Waals surface area contributed by atoms with Crippen LogP contribution in [0.4, 0.5) is 0 Å². The lowest BCUT2D eigenvalue weighted by molar-refractivity contribution is 0.0976. The summed E-state index contributed by atoms with van der Waals surface area (Å²) in [5.74, 6) is -0.363. The lowest BCUT2D eigenvalue weighted by atomic mass is 10.1. The van der Waals surface area contributed by atoms with E-state index in [1.54, 1.807) is 24.3 Å². The van der Waals surface area contributed by atoms with Gasteiger partial charge in [-0.1, -0.05) is 29.8 Å². The number of carbonyl (C=O) groups is 1. The number of nitrogens with zero attached hydrogens (tertiary/aromatic N) is 1. The number of hydrogen-bond donors (Lipinski definition) is 1. The zero-order valence-corrected chi connectivity index (χ0v) is 14.3. The van der Waals surface area contributed by atoms with Gasteiger partial charge in [0.2, 0.25) is 0 Å². The van der Waals surface area contributed by atoms with Gasteiger partial charge in [-0.25, -0.2) is 18.1 Å². The van der Waals surface area contributed by atoms with Crippen LogP contribution >= 0.6 is 23.2 Å². The highest BCUT2D eigenvalue weighted by Crippen LogP contribution is 2.17. The molecule has 23 heavy (non-hydrogen) atoms. The van der Waals surface area contributed by atoms with Gasteiger partial charge in [0.15, 0.2) is 0 Å². The first-order chi connectivity index (χ1) is 10.9. The van der Waals surface area contributed by atoms with E-state index in [9.17, 15) is 13.2 Å². The standard InChI is InChI=1S/C15H14Cl2N2O3S/c16-8-4-5-11-9-13(17)14(18-10-11)15(20)19-23(21,22)12-6-2-1-3-7-12/h1-3,6-7,9-10H,4-5,8H2,(H,19,20). The minimum Gasteiger partial charge on any atom is -0.266 e. The highest BCUT2D eigenvalue weighted by atomic mass is 35.5. The first-order valence-corrected chi connectivity index (χ1v) is 9.16. The Morgan fingerprint density at radius 3 is 2.52 bits per heavy atom. The SMILES string of the molecule is O=C(NS(=O)(=O)c1ccccc1)c1ncc(CCCCl)cc1Cl. The van der Waals surface area contributed by atoms with Gasteiger partial charge in [0.05, 0.1) is 9.92 Å². The number of alkyl halides is 1. The molecule has 0 aliphatic rings. The number of hydrogen-bond acceptors (Lipinski definition) is 4. The molecule has 1 aromatic carbocycles. The lowest BCUT2D eigenvalue weighted by Gasteiger charge is -2.08. The van der Waals surface area contributed by atoms with E-state index < -0.39 is 15.9 Å². The molecule has 1 amide bonds. The number of rotatable bonds is 6. The third-order valence-electron chi connectivity index (χ3n) is 2.99. The number of pyridine rings is 1. The average Bonchev–Trinajstić information content (AvgIpc) is 2.53. The maximum absolute atomic E-state index is 12.1. The van der Waals surface area contributed by atoms with E-state index in [1.807, 2.05) is 4.72 Å². The van der Waals surface area contributed by atoms with Gasteiger partial charge in [-0.05, 0) is 36.6 Å². The van der Waals surface area contributed by atoms with Crippen molar-refractivity contribution in [2.75, 3.05) is 5.88 Å². The van der Waals surface area contributed by atoms with Crippen LogP contribution < -0.4 is 4.72 Å². The van der Waals surface area contributed by atoms with Crippen LogP contribution in [-0.4, -0.2) is 25.2 Å². The molecule has 0 fully saturated rings. The van der Waals surface area contributed by atoms with Crippen molar-refractivity contribution in [3.05, 3.63) is 58.9 Å². The quantitative estimate of drug-likeness (QED) is 0.790. The summed E-state index contributed by atoms with van der Waals surface area (Å²) in [6, 6.07) is 9.18. The second kappa shape index (κ2) is 7.77. The first kappa shape index (κ1) is 17.7. The number of aromatic nitrogens is 1. The number of sulfonamides is 1. The Bertz CT molecular complexity index is 796. The summed E-state index contributed by atoms with van der Waals surface area (Å²) in [7, 11) is -3.96. The van der Waals surface area contributed by atoms with Gasteiger partial charge in [-0.15, -0.1) is 11.6 Å². The zero-order chi connectivity index (χ0) is 16.9. The highest BCUT2D eigenvalue weighted by Gasteiger charge is 2.21. The summed E-state index contributed by atoms with van der Waals surface area (Å²) >= 11 is 11.6. The Hall–Kier alpha value is -1.63. The van der Waals surface area contributed by atoms with E-state index in [2.05, 4.69) is 4.98 Å². The summed E-state index contributed by atoms with van der Waals surface area (Å²) in [4.78, 5) is 16.1. The molecule has 0 spiro atoms. The van der Waals surface area contributed by atoms with Crippen molar-refractivity contribution in [2.24, 2.45) is 0 Å².